The number of β-amino-alcohol motifs (C(OH)–C–C–N with tert-alkyl or cyclic N) is 1. The van der Waals surface area contributed by atoms with Crippen molar-refractivity contribution in [2.75, 3.05) is 26.2 Å². The van der Waals surface area contributed by atoms with Crippen LogP contribution < -0.4 is 0 Å². The largest absolute Gasteiger partial charge is 0.395 e. The first-order valence-electron chi connectivity index (χ1n) is 7.27. The molecule has 0 saturated heterocycles. The van der Waals surface area contributed by atoms with Gasteiger partial charge in [-0.15, -0.1) is 0 Å². The molecule has 0 aromatic heterocycles. The number of nitrogens with zero attached hydrogens (tertiary/aromatic N) is 2. The highest BCUT2D eigenvalue weighted by Crippen LogP contribution is 2.12. The number of aliphatic imine (C=N–C) groups is 1. The lowest BCUT2D eigenvalue weighted by Gasteiger charge is -2.18. The van der Waals surface area contributed by atoms with Gasteiger partial charge in [-0.3, -0.25) is 4.99 Å². The second-order valence-corrected chi connectivity index (χ2v) is 4.88. The minimum Gasteiger partial charge on any atom is -0.395 e. The summed E-state index contributed by atoms with van der Waals surface area (Å²) in [5, 5.41) is 8.94. The molecule has 0 fully saturated rings. The summed E-state index contributed by atoms with van der Waals surface area (Å²) in [5.74, 6) is 1.23. The molecule has 0 saturated carbocycles. The molecule has 0 spiro atoms. The van der Waals surface area contributed by atoms with Crippen molar-refractivity contribution in [1.29, 1.82) is 0 Å². The Balaban J connectivity index is 1.98. The number of aliphatic hydroxyl groups excluding tert-OH is 1. The van der Waals surface area contributed by atoms with E-state index in [9.17, 15) is 0 Å². The SMILES string of the molecule is CCCCCCCCCC1=NCCN1CCO. The highest BCUT2D eigenvalue weighted by molar-refractivity contribution is 5.83. The normalized spacial score (nSPS) is 15.4. The summed E-state index contributed by atoms with van der Waals surface area (Å²) in [4.78, 5) is 6.75. The van der Waals surface area contributed by atoms with Gasteiger partial charge in [0.1, 0.15) is 0 Å². The lowest BCUT2D eigenvalue weighted by atomic mass is 10.1. The average Bonchev–Trinajstić information content (AvgIpc) is 2.76. The van der Waals surface area contributed by atoms with Crippen molar-refractivity contribution < 1.29 is 5.11 Å². The van der Waals surface area contributed by atoms with Crippen LogP contribution >= 0.6 is 0 Å². The van der Waals surface area contributed by atoms with Crippen LogP contribution in [-0.4, -0.2) is 42.1 Å². The van der Waals surface area contributed by atoms with Gasteiger partial charge < -0.3 is 10.0 Å². The van der Waals surface area contributed by atoms with Gasteiger partial charge in [0.2, 0.25) is 0 Å². The Morgan fingerprint density at radius 1 is 1.12 bits per heavy atom. The maximum absolute atomic E-state index is 8.94. The predicted octanol–water partition coefficient (Wildman–Crippen LogP) is 2.83. The molecule has 0 aliphatic carbocycles. The third kappa shape index (κ3) is 6.06. The van der Waals surface area contributed by atoms with Crippen molar-refractivity contribution in [1.82, 2.24) is 4.90 Å². The molecule has 0 aromatic rings. The van der Waals surface area contributed by atoms with Crippen LogP contribution in [0.3, 0.4) is 0 Å². The van der Waals surface area contributed by atoms with Gasteiger partial charge in [0.05, 0.1) is 19.0 Å². The van der Waals surface area contributed by atoms with E-state index in [4.69, 9.17) is 5.11 Å². The Morgan fingerprint density at radius 2 is 1.82 bits per heavy atom. The molecule has 1 heterocycles. The average molecular weight is 240 g/mol. The van der Waals surface area contributed by atoms with Crippen molar-refractivity contribution in [3.8, 4) is 0 Å². The number of aliphatic hydroxyl groups is 1. The maximum Gasteiger partial charge on any atom is 0.0991 e. The molecule has 3 nitrogen and oxygen atoms in total. The molecule has 1 aliphatic heterocycles. The number of hydrogen-bond acceptors (Lipinski definition) is 3. The Bertz CT molecular complexity index is 216. The third-order valence-electron chi connectivity index (χ3n) is 3.40. The number of rotatable bonds is 10. The fourth-order valence-corrected chi connectivity index (χ4v) is 2.37. The number of amidine groups is 1. The van der Waals surface area contributed by atoms with Crippen molar-refractivity contribution in [3.05, 3.63) is 0 Å². The molecule has 0 unspecified atom stereocenters. The maximum atomic E-state index is 8.94. The van der Waals surface area contributed by atoms with Crippen LogP contribution in [0.4, 0.5) is 0 Å². The first-order chi connectivity index (χ1) is 8.38. The zero-order valence-corrected chi connectivity index (χ0v) is 11.3. The summed E-state index contributed by atoms with van der Waals surface area (Å²) >= 11 is 0. The molecular formula is C14H28N2O. The molecule has 3 heteroatoms. The van der Waals surface area contributed by atoms with Crippen LogP contribution in [0.15, 0.2) is 4.99 Å². The molecule has 1 N–H and O–H groups in total. The number of hydrogen-bond donors (Lipinski definition) is 1. The molecule has 1 rings (SSSR count). The van der Waals surface area contributed by atoms with Gasteiger partial charge in [0.25, 0.3) is 0 Å². The van der Waals surface area contributed by atoms with Gasteiger partial charge in [-0.2, -0.15) is 0 Å². The van der Waals surface area contributed by atoms with Crippen LogP contribution in [0, 0.1) is 0 Å². The monoisotopic (exact) mass is 240 g/mol. The van der Waals surface area contributed by atoms with E-state index >= 15 is 0 Å². The molecule has 100 valence electrons. The Kier molecular flexibility index (Phi) is 8.06. The van der Waals surface area contributed by atoms with E-state index in [-0.39, 0.29) is 6.61 Å². The molecule has 0 radical (unpaired) electrons. The Hall–Kier alpha value is -0.570. The van der Waals surface area contributed by atoms with Crippen LogP contribution in [0.2, 0.25) is 0 Å². The molecule has 1 aliphatic rings. The molecule has 0 bridgehead atoms. The summed E-state index contributed by atoms with van der Waals surface area (Å²) in [6.45, 7) is 5.19. The van der Waals surface area contributed by atoms with Crippen LogP contribution in [0.1, 0.15) is 58.3 Å². The molecule has 17 heavy (non-hydrogen) atoms. The molecule has 0 amide bonds. The topological polar surface area (TPSA) is 35.8 Å². The van der Waals surface area contributed by atoms with Crippen molar-refractivity contribution >= 4 is 5.84 Å². The van der Waals surface area contributed by atoms with Crippen LogP contribution in [0.25, 0.3) is 0 Å². The second-order valence-electron chi connectivity index (χ2n) is 4.88. The lowest BCUT2D eigenvalue weighted by Crippen LogP contribution is -2.30. The van der Waals surface area contributed by atoms with E-state index in [2.05, 4.69) is 16.8 Å². The lowest BCUT2D eigenvalue weighted by molar-refractivity contribution is 0.255. The van der Waals surface area contributed by atoms with Gasteiger partial charge in [-0.05, 0) is 6.42 Å². The zero-order chi connectivity index (χ0) is 12.3. The minimum absolute atomic E-state index is 0.246. The van der Waals surface area contributed by atoms with E-state index in [1.807, 2.05) is 0 Å². The summed E-state index contributed by atoms with van der Waals surface area (Å²) in [6.07, 6.45) is 10.6. The fourth-order valence-electron chi connectivity index (χ4n) is 2.37. The van der Waals surface area contributed by atoms with E-state index in [0.29, 0.717) is 0 Å². The highest BCUT2D eigenvalue weighted by Gasteiger charge is 2.14. The van der Waals surface area contributed by atoms with Gasteiger partial charge in [-0.1, -0.05) is 45.4 Å². The van der Waals surface area contributed by atoms with E-state index in [1.165, 1.54) is 50.8 Å². The van der Waals surface area contributed by atoms with Gasteiger partial charge >= 0.3 is 0 Å². The highest BCUT2D eigenvalue weighted by atomic mass is 16.3. The summed E-state index contributed by atoms with van der Waals surface area (Å²) < 4.78 is 0. The quantitative estimate of drug-likeness (QED) is 0.596. The first-order valence-corrected chi connectivity index (χ1v) is 7.27. The predicted molar refractivity (Wildman–Crippen MR) is 73.6 cm³/mol. The van der Waals surface area contributed by atoms with E-state index in [0.717, 1.165) is 26.1 Å². The van der Waals surface area contributed by atoms with Gasteiger partial charge in [0, 0.05) is 19.5 Å². The Morgan fingerprint density at radius 3 is 2.53 bits per heavy atom. The van der Waals surface area contributed by atoms with Gasteiger partial charge in [0.15, 0.2) is 0 Å². The zero-order valence-electron chi connectivity index (χ0n) is 11.3. The van der Waals surface area contributed by atoms with Gasteiger partial charge in [-0.25, -0.2) is 0 Å². The molecule has 0 atom stereocenters. The third-order valence-corrected chi connectivity index (χ3v) is 3.40. The smallest absolute Gasteiger partial charge is 0.0991 e. The van der Waals surface area contributed by atoms with Crippen molar-refractivity contribution in [2.45, 2.75) is 58.3 Å². The van der Waals surface area contributed by atoms with Crippen molar-refractivity contribution in [2.24, 2.45) is 4.99 Å². The summed E-state index contributed by atoms with van der Waals surface area (Å²) in [7, 11) is 0. The second kappa shape index (κ2) is 9.46. The summed E-state index contributed by atoms with van der Waals surface area (Å²) in [5.41, 5.74) is 0. The van der Waals surface area contributed by atoms with E-state index in [1.54, 1.807) is 0 Å². The molecule has 0 aromatic carbocycles. The van der Waals surface area contributed by atoms with E-state index < -0.39 is 0 Å². The fraction of sp³-hybridized carbons (Fsp3) is 0.929. The van der Waals surface area contributed by atoms with Crippen LogP contribution in [0.5, 0.6) is 0 Å². The molecular weight excluding hydrogens is 212 g/mol. The minimum atomic E-state index is 0.246. The number of unbranched alkanes of at least 4 members (excludes halogenated alkanes) is 6. The van der Waals surface area contributed by atoms with Crippen LogP contribution in [-0.2, 0) is 0 Å². The Labute approximate surface area is 106 Å². The first kappa shape index (κ1) is 14.5. The van der Waals surface area contributed by atoms with Crippen molar-refractivity contribution in [3.63, 3.8) is 0 Å². The standard InChI is InChI=1S/C14H28N2O/c1-2-3-4-5-6-7-8-9-14-15-10-11-16(14)12-13-17/h17H,2-13H2,1H3. The summed E-state index contributed by atoms with van der Waals surface area (Å²) in [6, 6.07) is 0.